The molecule has 29 heavy (non-hydrogen) atoms. The lowest BCUT2D eigenvalue weighted by Crippen LogP contribution is -2.12. The normalized spacial score (nSPS) is 10.8. The number of thiophene rings is 1. The zero-order valence-corrected chi connectivity index (χ0v) is 16.3. The van der Waals surface area contributed by atoms with Crippen molar-refractivity contribution in [2.24, 2.45) is 0 Å². The number of benzene rings is 1. The third kappa shape index (κ3) is 3.39. The van der Waals surface area contributed by atoms with Gasteiger partial charge in [0, 0.05) is 11.1 Å². The number of phenols is 1. The monoisotopic (exact) mass is 411 g/mol. The maximum absolute atomic E-state index is 12.8. The van der Waals surface area contributed by atoms with Crippen molar-refractivity contribution in [1.82, 2.24) is 4.98 Å². The van der Waals surface area contributed by atoms with Gasteiger partial charge in [0.2, 0.25) is 0 Å². The van der Waals surface area contributed by atoms with E-state index in [1.165, 1.54) is 12.1 Å². The minimum Gasteiger partial charge on any atom is -0.507 e. The van der Waals surface area contributed by atoms with Gasteiger partial charge in [-0.25, -0.2) is 9.78 Å². The zero-order chi connectivity index (χ0) is 21.5. The number of hydrogen-bond donors (Lipinski definition) is 5. The van der Waals surface area contributed by atoms with Crippen LogP contribution < -0.4 is 16.8 Å². The third-order valence-electron chi connectivity index (χ3n) is 4.32. The highest BCUT2D eigenvalue weighted by molar-refractivity contribution is 7.21. The highest BCUT2D eigenvalue weighted by atomic mass is 32.1. The molecule has 0 spiro atoms. The lowest BCUT2D eigenvalue weighted by molar-refractivity contribution is 0.0693. The Balaban J connectivity index is 2.09. The van der Waals surface area contributed by atoms with E-state index in [-0.39, 0.29) is 39.1 Å². The van der Waals surface area contributed by atoms with Crippen molar-refractivity contribution in [2.75, 3.05) is 16.8 Å². The van der Waals surface area contributed by atoms with Crippen molar-refractivity contribution in [2.45, 2.75) is 19.8 Å². The highest BCUT2D eigenvalue weighted by Gasteiger charge is 2.25. The molecule has 148 valence electrons. The molecule has 0 bridgehead atoms. The molecule has 0 unspecified atom stereocenters. The first kappa shape index (κ1) is 19.9. The average molecular weight is 411 g/mol. The summed E-state index contributed by atoms with van der Waals surface area (Å²) in [7, 11) is 0. The summed E-state index contributed by atoms with van der Waals surface area (Å²) >= 11 is 1.03. The lowest BCUT2D eigenvalue weighted by atomic mass is 9.95. The van der Waals surface area contributed by atoms with Crippen LogP contribution in [0.1, 0.15) is 50.9 Å². The van der Waals surface area contributed by atoms with Gasteiger partial charge in [-0.15, -0.1) is 11.3 Å². The van der Waals surface area contributed by atoms with E-state index in [1.54, 1.807) is 0 Å². The van der Waals surface area contributed by atoms with Gasteiger partial charge in [-0.3, -0.25) is 4.79 Å². The number of nitrogen functional groups attached to an aromatic ring is 2. The Bertz CT molecular complexity index is 1210. The van der Waals surface area contributed by atoms with Crippen molar-refractivity contribution in [3.8, 4) is 11.8 Å². The van der Waals surface area contributed by atoms with Crippen LogP contribution in [0.2, 0.25) is 0 Å². The molecule has 3 rings (SSSR count). The second-order valence-corrected chi connectivity index (χ2v) is 7.57. The molecule has 0 saturated heterocycles. The summed E-state index contributed by atoms with van der Waals surface area (Å²) in [4.78, 5) is 28.7. The van der Waals surface area contributed by atoms with Crippen molar-refractivity contribution >= 4 is 50.6 Å². The highest BCUT2D eigenvalue weighted by Crippen LogP contribution is 2.40. The minimum atomic E-state index is -1.33. The van der Waals surface area contributed by atoms with Gasteiger partial charge in [0.15, 0.2) is 0 Å². The summed E-state index contributed by atoms with van der Waals surface area (Å²) in [5.41, 5.74) is 13.0. The number of nitrogens with one attached hydrogen (secondary N) is 1. The molecule has 0 atom stereocenters. The number of pyridine rings is 1. The first-order chi connectivity index (χ1) is 13.6. The number of amides is 1. The Labute approximate surface area is 169 Å². The number of aromatic carboxylic acids is 1. The molecule has 3 aromatic rings. The first-order valence-corrected chi connectivity index (χ1v) is 9.26. The van der Waals surface area contributed by atoms with Gasteiger partial charge in [0.05, 0.1) is 11.3 Å². The second kappa shape index (κ2) is 7.29. The molecule has 0 aliphatic carbocycles. The van der Waals surface area contributed by atoms with E-state index in [0.29, 0.717) is 15.8 Å². The van der Waals surface area contributed by atoms with Crippen molar-refractivity contribution in [3.63, 3.8) is 0 Å². The maximum atomic E-state index is 12.8. The fourth-order valence-electron chi connectivity index (χ4n) is 3.04. The number of rotatable bonds is 4. The van der Waals surface area contributed by atoms with Crippen LogP contribution in [0.3, 0.4) is 0 Å². The smallest absolute Gasteiger partial charge is 0.339 e. The largest absolute Gasteiger partial charge is 0.507 e. The number of carbonyl (C=O) groups is 2. The molecule has 7 N–H and O–H groups in total. The van der Waals surface area contributed by atoms with Gasteiger partial charge in [-0.2, -0.15) is 5.26 Å². The van der Waals surface area contributed by atoms with Gasteiger partial charge in [-0.05, 0) is 29.7 Å². The van der Waals surface area contributed by atoms with Crippen LogP contribution in [0.4, 0.5) is 17.2 Å². The zero-order valence-electron chi connectivity index (χ0n) is 15.5. The number of carbonyl (C=O) groups excluding carboxylic acids is 1. The van der Waals surface area contributed by atoms with Crippen LogP contribution in [0.15, 0.2) is 18.2 Å². The number of fused-ring (bicyclic) bond motifs is 1. The molecule has 2 heterocycles. The molecule has 0 aliphatic rings. The van der Waals surface area contributed by atoms with Crippen molar-refractivity contribution in [1.29, 1.82) is 5.26 Å². The Kier molecular flexibility index (Phi) is 5.01. The standard InChI is InChI=1S/C19H17N5O4S/c1-7(2)12-10(6-20)16(22)24-18-13(12)14(21)15(29-18)17(26)23-8-3-4-11(25)9(5-8)19(27)28/h3-5,7,25H,21H2,1-2H3,(H2,22,24)(H,23,26)(H,27,28). The number of hydrogen-bond acceptors (Lipinski definition) is 8. The van der Waals surface area contributed by atoms with Crippen LogP contribution in [0, 0.1) is 11.3 Å². The molecular formula is C19H17N5O4S. The number of nitrogens with two attached hydrogens (primary N) is 2. The van der Waals surface area contributed by atoms with Gasteiger partial charge in [-0.1, -0.05) is 13.8 Å². The number of nitriles is 1. The fourth-order valence-corrected chi connectivity index (χ4v) is 4.05. The van der Waals surface area contributed by atoms with Crippen LogP contribution in [0.25, 0.3) is 10.2 Å². The number of carboxylic acid groups (broad SMARTS) is 1. The number of nitrogens with zero attached hydrogens (tertiary/aromatic N) is 2. The topological polar surface area (TPSA) is 175 Å². The number of carboxylic acids is 1. The third-order valence-corrected chi connectivity index (χ3v) is 5.42. The average Bonchev–Trinajstić information content (AvgIpc) is 2.97. The van der Waals surface area contributed by atoms with Crippen LogP contribution in [-0.4, -0.2) is 27.1 Å². The first-order valence-electron chi connectivity index (χ1n) is 8.44. The summed E-state index contributed by atoms with van der Waals surface area (Å²) in [5.74, 6) is -2.33. The molecule has 1 aromatic carbocycles. The minimum absolute atomic E-state index is 0.0709. The van der Waals surface area contributed by atoms with Gasteiger partial charge in [0.1, 0.15) is 32.9 Å². The summed E-state index contributed by atoms with van der Waals surface area (Å²) < 4.78 is 0. The van der Waals surface area contributed by atoms with E-state index in [9.17, 15) is 20.0 Å². The summed E-state index contributed by atoms with van der Waals surface area (Å²) in [6.45, 7) is 3.77. The molecule has 0 saturated carbocycles. The molecule has 0 radical (unpaired) electrons. The number of anilines is 3. The van der Waals surface area contributed by atoms with Crippen LogP contribution >= 0.6 is 11.3 Å². The molecule has 1 amide bonds. The Hall–Kier alpha value is -3.84. The van der Waals surface area contributed by atoms with Crippen LogP contribution in [-0.2, 0) is 0 Å². The van der Waals surface area contributed by atoms with E-state index in [0.717, 1.165) is 17.4 Å². The summed E-state index contributed by atoms with van der Waals surface area (Å²) in [6.07, 6.45) is 0. The predicted octanol–water partition coefficient (Wildman–Crippen LogP) is 3.11. The van der Waals surface area contributed by atoms with Crippen LogP contribution in [0.5, 0.6) is 5.75 Å². The molecule has 2 aromatic heterocycles. The second-order valence-electron chi connectivity index (χ2n) is 6.57. The predicted molar refractivity (Wildman–Crippen MR) is 110 cm³/mol. The van der Waals surface area contributed by atoms with E-state index >= 15 is 0 Å². The Morgan fingerprint density at radius 2 is 2.00 bits per heavy atom. The molecule has 9 nitrogen and oxygen atoms in total. The van der Waals surface area contributed by atoms with Gasteiger partial charge in [0.25, 0.3) is 5.91 Å². The van der Waals surface area contributed by atoms with Gasteiger partial charge >= 0.3 is 5.97 Å². The fraction of sp³-hybridized carbons (Fsp3) is 0.158. The summed E-state index contributed by atoms with van der Waals surface area (Å²) in [6, 6.07) is 5.73. The number of aromatic nitrogens is 1. The van der Waals surface area contributed by atoms with E-state index in [4.69, 9.17) is 16.6 Å². The van der Waals surface area contributed by atoms with E-state index in [1.807, 2.05) is 19.9 Å². The molecular weight excluding hydrogens is 394 g/mol. The van der Waals surface area contributed by atoms with E-state index < -0.39 is 17.6 Å². The van der Waals surface area contributed by atoms with Crippen molar-refractivity contribution < 1.29 is 19.8 Å². The maximum Gasteiger partial charge on any atom is 0.339 e. The Morgan fingerprint density at radius 3 is 2.59 bits per heavy atom. The molecule has 0 aliphatic heterocycles. The van der Waals surface area contributed by atoms with Crippen molar-refractivity contribution in [3.05, 3.63) is 39.8 Å². The van der Waals surface area contributed by atoms with Gasteiger partial charge < -0.3 is 27.0 Å². The molecule has 10 heteroatoms. The summed E-state index contributed by atoms with van der Waals surface area (Å²) in [5, 5.41) is 31.2. The molecule has 0 fully saturated rings. The Morgan fingerprint density at radius 1 is 1.31 bits per heavy atom. The number of aromatic hydroxyl groups is 1. The quantitative estimate of drug-likeness (QED) is 0.407. The SMILES string of the molecule is CC(C)c1c(C#N)c(N)nc2sc(C(=O)Nc3ccc(O)c(C(=O)O)c3)c(N)c12. The lowest BCUT2D eigenvalue weighted by Gasteiger charge is -2.12. The van der Waals surface area contributed by atoms with E-state index in [2.05, 4.69) is 10.3 Å².